The molecule has 0 aromatic rings. The van der Waals surface area contributed by atoms with Crippen LogP contribution in [0, 0.1) is 0 Å². The zero-order valence-corrected chi connectivity index (χ0v) is 5.96. The lowest BCUT2D eigenvalue weighted by atomic mass is 9.86. The van der Waals surface area contributed by atoms with E-state index in [1.165, 1.54) is 0 Å². The molecule has 4 atom stereocenters. The Morgan fingerprint density at radius 1 is 0.909 bits per heavy atom. The monoisotopic (exact) mass is 163 g/mol. The largest absolute Gasteiger partial charge is 0.390 e. The van der Waals surface area contributed by atoms with Gasteiger partial charge in [0, 0.05) is 6.42 Å². The van der Waals surface area contributed by atoms with E-state index in [1.807, 2.05) is 0 Å². The summed E-state index contributed by atoms with van der Waals surface area (Å²) in [5.41, 5.74) is 5.28. The van der Waals surface area contributed by atoms with Gasteiger partial charge in [-0.2, -0.15) is 0 Å². The predicted octanol–water partition coefficient (Wildman–Crippen LogP) is -2.84. The van der Waals surface area contributed by atoms with Crippen LogP contribution in [0.5, 0.6) is 0 Å². The van der Waals surface area contributed by atoms with Gasteiger partial charge in [0.05, 0.1) is 30.5 Å². The quantitative estimate of drug-likeness (QED) is 0.264. The summed E-state index contributed by atoms with van der Waals surface area (Å²) in [7, 11) is 0. The molecule has 0 aliphatic heterocycles. The Morgan fingerprint density at radius 3 is 1.64 bits per heavy atom. The molecule has 5 nitrogen and oxygen atoms in total. The van der Waals surface area contributed by atoms with Crippen LogP contribution in [0.4, 0.5) is 0 Å². The third kappa shape index (κ3) is 1.52. The SMILES string of the molecule is NC1[C@H](O)[C@H](O)C[C@@H](O)[C@H]1O. The van der Waals surface area contributed by atoms with E-state index in [1.54, 1.807) is 0 Å². The molecule has 11 heavy (non-hydrogen) atoms. The summed E-state index contributed by atoms with van der Waals surface area (Å²) < 4.78 is 0. The number of rotatable bonds is 0. The van der Waals surface area contributed by atoms with Crippen molar-refractivity contribution in [3.05, 3.63) is 0 Å². The molecule has 1 rings (SSSR count). The normalized spacial score (nSPS) is 52.6. The standard InChI is InChI=1S/C6H13NO4/c7-4-5(10)2(8)1-3(9)6(4)11/h2-6,8-11H,1,7H2/t2-,3-,5-,6-/m1/s1. The number of aliphatic hydroxyl groups excluding tert-OH is 4. The molecule has 6 N–H and O–H groups in total. The minimum Gasteiger partial charge on any atom is -0.390 e. The zero-order chi connectivity index (χ0) is 8.59. The van der Waals surface area contributed by atoms with Gasteiger partial charge in [-0.05, 0) is 0 Å². The molecule has 5 heteroatoms. The summed E-state index contributed by atoms with van der Waals surface area (Å²) >= 11 is 0. The van der Waals surface area contributed by atoms with E-state index in [0.717, 1.165) is 0 Å². The first-order valence-electron chi connectivity index (χ1n) is 3.52. The summed E-state index contributed by atoms with van der Waals surface area (Å²) in [5, 5.41) is 36.2. The van der Waals surface area contributed by atoms with E-state index >= 15 is 0 Å². The smallest absolute Gasteiger partial charge is 0.0976 e. The van der Waals surface area contributed by atoms with Crippen molar-refractivity contribution in [3.8, 4) is 0 Å². The molecule has 1 saturated carbocycles. The maximum absolute atomic E-state index is 9.09. The van der Waals surface area contributed by atoms with Crippen molar-refractivity contribution in [2.24, 2.45) is 5.73 Å². The second kappa shape index (κ2) is 3.04. The second-order valence-electron chi connectivity index (χ2n) is 2.93. The fourth-order valence-electron chi connectivity index (χ4n) is 1.24. The Kier molecular flexibility index (Phi) is 2.46. The molecule has 0 bridgehead atoms. The summed E-state index contributed by atoms with van der Waals surface area (Å²) in [5.74, 6) is 0. The molecular weight excluding hydrogens is 150 g/mol. The predicted molar refractivity (Wildman–Crippen MR) is 36.6 cm³/mol. The lowest BCUT2D eigenvalue weighted by molar-refractivity contribution is -0.120. The molecule has 0 spiro atoms. The van der Waals surface area contributed by atoms with E-state index in [2.05, 4.69) is 0 Å². The molecule has 0 aromatic heterocycles. The van der Waals surface area contributed by atoms with E-state index < -0.39 is 30.5 Å². The van der Waals surface area contributed by atoms with Gasteiger partial charge < -0.3 is 26.2 Å². The van der Waals surface area contributed by atoms with Gasteiger partial charge in [-0.3, -0.25) is 0 Å². The van der Waals surface area contributed by atoms with Crippen LogP contribution in [0.1, 0.15) is 6.42 Å². The maximum Gasteiger partial charge on any atom is 0.0976 e. The Labute approximate surface area is 64.1 Å². The molecule has 0 amide bonds. The van der Waals surface area contributed by atoms with Gasteiger partial charge in [0.15, 0.2) is 0 Å². The first kappa shape index (κ1) is 8.89. The van der Waals surface area contributed by atoms with Crippen molar-refractivity contribution in [3.63, 3.8) is 0 Å². The molecule has 0 unspecified atom stereocenters. The van der Waals surface area contributed by atoms with Crippen LogP contribution in [-0.2, 0) is 0 Å². The van der Waals surface area contributed by atoms with E-state index in [4.69, 9.17) is 26.2 Å². The van der Waals surface area contributed by atoms with Gasteiger partial charge in [0.2, 0.25) is 0 Å². The minimum atomic E-state index is -1.15. The third-order valence-electron chi connectivity index (χ3n) is 2.06. The first-order valence-corrected chi connectivity index (χ1v) is 3.52. The zero-order valence-electron chi connectivity index (χ0n) is 5.96. The Bertz CT molecular complexity index is 129. The van der Waals surface area contributed by atoms with Crippen molar-refractivity contribution >= 4 is 0 Å². The summed E-state index contributed by atoms with van der Waals surface area (Å²) in [6, 6.07) is -0.964. The van der Waals surface area contributed by atoms with Crippen LogP contribution in [-0.4, -0.2) is 50.9 Å². The van der Waals surface area contributed by atoms with Crippen LogP contribution in [0.3, 0.4) is 0 Å². The van der Waals surface area contributed by atoms with Crippen LogP contribution in [0.15, 0.2) is 0 Å². The highest BCUT2D eigenvalue weighted by Crippen LogP contribution is 2.18. The lowest BCUT2D eigenvalue weighted by Crippen LogP contribution is -2.59. The van der Waals surface area contributed by atoms with E-state index in [-0.39, 0.29) is 6.42 Å². The molecule has 0 aromatic carbocycles. The average Bonchev–Trinajstić information content (AvgIpc) is 1.97. The fraction of sp³-hybridized carbons (Fsp3) is 1.00. The Balaban J connectivity index is 2.63. The van der Waals surface area contributed by atoms with Crippen molar-refractivity contribution in [1.29, 1.82) is 0 Å². The summed E-state index contributed by atoms with van der Waals surface area (Å²) in [6.45, 7) is 0. The molecule has 66 valence electrons. The highest BCUT2D eigenvalue weighted by atomic mass is 16.4. The minimum absolute atomic E-state index is 0.0317. The Morgan fingerprint density at radius 2 is 1.27 bits per heavy atom. The van der Waals surface area contributed by atoms with Crippen LogP contribution in [0.25, 0.3) is 0 Å². The highest BCUT2D eigenvalue weighted by molar-refractivity contribution is 4.94. The van der Waals surface area contributed by atoms with Crippen LogP contribution in [0.2, 0.25) is 0 Å². The topological polar surface area (TPSA) is 107 Å². The fourth-order valence-corrected chi connectivity index (χ4v) is 1.24. The molecule has 1 aliphatic carbocycles. The molecule has 0 saturated heterocycles. The Hall–Kier alpha value is -0.200. The maximum atomic E-state index is 9.09. The highest BCUT2D eigenvalue weighted by Gasteiger charge is 2.39. The van der Waals surface area contributed by atoms with Crippen molar-refractivity contribution in [1.82, 2.24) is 0 Å². The van der Waals surface area contributed by atoms with Gasteiger partial charge in [0.1, 0.15) is 0 Å². The van der Waals surface area contributed by atoms with Gasteiger partial charge in [-0.15, -0.1) is 0 Å². The lowest BCUT2D eigenvalue weighted by Gasteiger charge is -2.36. The molecular formula is C6H13NO4. The number of nitrogens with two attached hydrogens (primary N) is 1. The third-order valence-corrected chi connectivity index (χ3v) is 2.06. The van der Waals surface area contributed by atoms with Gasteiger partial charge in [-0.1, -0.05) is 0 Å². The molecule has 0 heterocycles. The second-order valence-corrected chi connectivity index (χ2v) is 2.93. The summed E-state index contributed by atoms with van der Waals surface area (Å²) in [6.07, 6.45) is -4.40. The number of hydrogen-bond acceptors (Lipinski definition) is 5. The average molecular weight is 163 g/mol. The van der Waals surface area contributed by atoms with Crippen molar-refractivity contribution < 1.29 is 20.4 Å². The van der Waals surface area contributed by atoms with Crippen LogP contribution >= 0.6 is 0 Å². The van der Waals surface area contributed by atoms with Gasteiger partial charge in [0.25, 0.3) is 0 Å². The van der Waals surface area contributed by atoms with Gasteiger partial charge in [-0.25, -0.2) is 0 Å². The first-order chi connectivity index (χ1) is 5.04. The molecule has 1 aliphatic rings. The van der Waals surface area contributed by atoms with Crippen molar-refractivity contribution in [2.45, 2.75) is 36.9 Å². The number of hydrogen-bond donors (Lipinski definition) is 5. The van der Waals surface area contributed by atoms with Gasteiger partial charge >= 0.3 is 0 Å². The van der Waals surface area contributed by atoms with E-state index in [0.29, 0.717) is 0 Å². The molecule has 1 fully saturated rings. The summed E-state index contributed by atoms with van der Waals surface area (Å²) in [4.78, 5) is 0. The van der Waals surface area contributed by atoms with Crippen molar-refractivity contribution in [2.75, 3.05) is 0 Å². The van der Waals surface area contributed by atoms with Crippen LogP contribution < -0.4 is 5.73 Å². The van der Waals surface area contributed by atoms with E-state index in [9.17, 15) is 0 Å². The molecule has 0 radical (unpaired) electrons. The number of aliphatic hydroxyl groups is 4.